The molecular weight excluding hydrogens is 465 g/mol. The maximum atomic E-state index is 13.3. The van der Waals surface area contributed by atoms with Gasteiger partial charge in [0.05, 0.1) is 18.4 Å². The number of rotatable bonds is 13. The zero-order valence-corrected chi connectivity index (χ0v) is 21.3. The van der Waals surface area contributed by atoms with Gasteiger partial charge in [-0.05, 0) is 54.7 Å². The van der Waals surface area contributed by atoms with Crippen molar-refractivity contribution in [1.29, 1.82) is 0 Å². The van der Waals surface area contributed by atoms with E-state index in [1.807, 2.05) is 24.3 Å². The second-order valence-electron chi connectivity index (χ2n) is 9.83. The van der Waals surface area contributed by atoms with Crippen molar-refractivity contribution in [3.05, 3.63) is 48.5 Å². The van der Waals surface area contributed by atoms with Crippen LogP contribution in [0.5, 0.6) is 11.5 Å². The molecule has 2 aromatic carbocycles. The summed E-state index contributed by atoms with van der Waals surface area (Å²) in [7, 11) is 0. The van der Waals surface area contributed by atoms with Gasteiger partial charge in [-0.3, -0.25) is 4.79 Å². The normalized spacial score (nSPS) is 18.1. The molecule has 1 saturated carbocycles. The summed E-state index contributed by atoms with van der Waals surface area (Å²) < 4.78 is 51.1. The van der Waals surface area contributed by atoms with Gasteiger partial charge in [0.2, 0.25) is 0 Å². The summed E-state index contributed by atoms with van der Waals surface area (Å²) in [4.78, 5) is 12.5. The van der Waals surface area contributed by atoms with Gasteiger partial charge in [0.1, 0.15) is 11.5 Å². The van der Waals surface area contributed by atoms with Crippen LogP contribution >= 0.6 is 0 Å². The van der Waals surface area contributed by atoms with Crippen LogP contribution in [0.25, 0.3) is 11.1 Å². The fourth-order valence-electron chi connectivity index (χ4n) is 4.88. The molecule has 1 aliphatic carbocycles. The zero-order chi connectivity index (χ0) is 25.8. The molecule has 1 fully saturated rings. The van der Waals surface area contributed by atoms with Crippen LogP contribution in [0, 0.1) is 11.8 Å². The lowest BCUT2D eigenvalue weighted by atomic mass is 9.79. The summed E-state index contributed by atoms with van der Waals surface area (Å²) in [5.74, 6) is -2.44. The van der Waals surface area contributed by atoms with E-state index in [0.717, 1.165) is 23.3 Å². The number of ether oxygens (including phenoxy) is 2. The molecule has 2 atom stereocenters. The fraction of sp³-hybridized carbons (Fsp3) is 0.567. The Balaban J connectivity index is 1.43. The van der Waals surface area contributed by atoms with Crippen molar-refractivity contribution in [1.82, 2.24) is 0 Å². The minimum absolute atomic E-state index is 0.0129. The monoisotopic (exact) mass is 504 g/mol. The molecule has 0 saturated heterocycles. The van der Waals surface area contributed by atoms with Crippen LogP contribution in [0.4, 0.5) is 13.2 Å². The van der Waals surface area contributed by atoms with Crippen molar-refractivity contribution in [2.45, 2.75) is 90.1 Å². The van der Waals surface area contributed by atoms with E-state index in [-0.39, 0.29) is 18.6 Å². The number of halogens is 3. The molecule has 36 heavy (non-hydrogen) atoms. The van der Waals surface area contributed by atoms with Gasteiger partial charge in [-0.25, -0.2) is 0 Å². The van der Waals surface area contributed by atoms with Crippen molar-refractivity contribution >= 4 is 5.97 Å². The lowest BCUT2D eigenvalue weighted by Crippen LogP contribution is -2.39. The molecule has 2 unspecified atom stereocenters. The number of carbonyl (C=O) groups is 1. The van der Waals surface area contributed by atoms with E-state index < -0.39 is 24.0 Å². The molecule has 198 valence electrons. The maximum absolute atomic E-state index is 13.3. The first kappa shape index (κ1) is 28.1. The van der Waals surface area contributed by atoms with Gasteiger partial charge in [-0.2, -0.15) is 13.2 Å². The van der Waals surface area contributed by atoms with Crippen LogP contribution < -0.4 is 9.47 Å². The van der Waals surface area contributed by atoms with Crippen molar-refractivity contribution < 1.29 is 27.4 Å². The molecule has 3 rings (SSSR count). The van der Waals surface area contributed by atoms with E-state index in [2.05, 4.69) is 6.92 Å². The lowest BCUT2D eigenvalue weighted by Gasteiger charge is -2.31. The Hall–Kier alpha value is -2.50. The van der Waals surface area contributed by atoms with Gasteiger partial charge in [0, 0.05) is 0 Å². The number of benzene rings is 2. The van der Waals surface area contributed by atoms with Crippen LogP contribution in [0.1, 0.15) is 84.0 Å². The van der Waals surface area contributed by atoms with E-state index in [0.29, 0.717) is 19.4 Å². The third-order valence-corrected chi connectivity index (χ3v) is 7.02. The summed E-state index contributed by atoms with van der Waals surface area (Å²) in [6.45, 7) is 2.95. The number of carbonyl (C=O) groups excluding carboxylic acids is 1. The predicted octanol–water partition coefficient (Wildman–Crippen LogP) is 9.15. The predicted molar refractivity (Wildman–Crippen MR) is 137 cm³/mol. The first-order valence-electron chi connectivity index (χ1n) is 13.5. The molecule has 0 aromatic heterocycles. The molecule has 0 bridgehead atoms. The van der Waals surface area contributed by atoms with Crippen LogP contribution in [0.15, 0.2) is 48.5 Å². The molecule has 0 heterocycles. The molecule has 0 amide bonds. The van der Waals surface area contributed by atoms with Gasteiger partial charge >= 0.3 is 12.1 Å². The van der Waals surface area contributed by atoms with Crippen molar-refractivity contribution in [2.75, 3.05) is 6.61 Å². The Morgan fingerprint density at radius 1 is 0.778 bits per heavy atom. The largest absolute Gasteiger partial charge is 0.494 e. The average molecular weight is 505 g/mol. The van der Waals surface area contributed by atoms with E-state index >= 15 is 0 Å². The molecule has 1 aliphatic rings. The summed E-state index contributed by atoms with van der Waals surface area (Å²) >= 11 is 0. The van der Waals surface area contributed by atoms with E-state index in [1.54, 1.807) is 24.3 Å². The van der Waals surface area contributed by atoms with Crippen molar-refractivity contribution in [3.63, 3.8) is 0 Å². The summed E-state index contributed by atoms with van der Waals surface area (Å²) in [6, 6.07) is 14.7. The zero-order valence-electron chi connectivity index (χ0n) is 21.3. The molecule has 0 radical (unpaired) electrons. The lowest BCUT2D eigenvalue weighted by molar-refractivity contribution is -0.202. The highest BCUT2D eigenvalue weighted by Gasteiger charge is 2.48. The molecule has 0 spiro atoms. The van der Waals surface area contributed by atoms with Gasteiger partial charge < -0.3 is 9.47 Å². The molecule has 6 heteroatoms. The van der Waals surface area contributed by atoms with Crippen LogP contribution in [0.2, 0.25) is 0 Å². The smallest absolute Gasteiger partial charge is 0.392 e. The van der Waals surface area contributed by atoms with Crippen molar-refractivity contribution in [3.8, 4) is 22.6 Å². The number of alkyl halides is 3. The number of unbranched alkanes of at least 4 members (excludes halogenated alkanes) is 7. The van der Waals surface area contributed by atoms with Gasteiger partial charge in [0.15, 0.2) is 0 Å². The highest BCUT2D eigenvalue weighted by molar-refractivity contribution is 5.76. The SMILES string of the molecule is CCCCCCCCCCOc1ccc(-c2ccc(OC(=O)C3CCCCC3C(F)(F)F)cc2)cc1. The van der Waals surface area contributed by atoms with Gasteiger partial charge in [-0.15, -0.1) is 0 Å². The minimum Gasteiger partial charge on any atom is -0.494 e. The van der Waals surface area contributed by atoms with E-state index in [4.69, 9.17) is 9.47 Å². The maximum Gasteiger partial charge on any atom is 0.392 e. The Morgan fingerprint density at radius 3 is 1.89 bits per heavy atom. The molecule has 0 N–H and O–H groups in total. The number of esters is 1. The van der Waals surface area contributed by atoms with E-state index in [9.17, 15) is 18.0 Å². The highest BCUT2D eigenvalue weighted by atomic mass is 19.4. The minimum atomic E-state index is -4.38. The number of hydrogen-bond acceptors (Lipinski definition) is 3. The molecule has 2 aromatic rings. The third-order valence-electron chi connectivity index (χ3n) is 7.02. The Kier molecular flexibility index (Phi) is 11.1. The summed E-state index contributed by atoms with van der Waals surface area (Å²) in [5, 5.41) is 0. The Labute approximate surface area is 213 Å². The van der Waals surface area contributed by atoms with Crippen LogP contribution in [0.3, 0.4) is 0 Å². The van der Waals surface area contributed by atoms with Crippen molar-refractivity contribution in [2.24, 2.45) is 11.8 Å². The first-order chi connectivity index (χ1) is 17.4. The first-order valence-corrected chi connectivity index (χ1v) is 13.5. The number of hydrogen-bond donors (Lipinski definition) is 0. The average Bonchev–Trinajstić information content (AvgIpc) is 2.88. The standard InChI is InChI=1S/C30H39F3O3/c1-2-3-4-5-6-7-8-11-22-35-25-18-14-23(15-19-25)24-16-20-26(21-17-24)36-29(34)27-12-9-10-13-28(27)30(31,32)33/h14-21,27-28H,2-13,22H2,1H3. The van der Waals surface area contributed by atoms with Crippen LogP contribution in [-0.2, 0) is 4.79 Å². The van der Waals surface area contributed by atoms with Gasteiger partial charge in [0.25, 0.3) is 0 Å². The van der Waals surface area contributed by atoms with E-state index in [1.165, 1.54) is 44.9 Å². The van der Waals surface area contributed by atoms with Gasteiger partial charge in [-0.1, -0.05) is 89.0 Å². The molecular formula is C30H39F3O3. The Bertz CT molecular complexity index is 907. The molecule has 3 nitrogen and oxygen atoms in total. The summed E-state index contributed by atoms with van der Waals surface area (Å²) in [6.07, 6.45) is 7.05. The fourth-order valence-corrected chi connectivity index (χ4v) is 4.88. The topological polar surface area (TPSA) is 35.5 Å². The quantitative estimate of drug-likeness (QED) is 0.155. The second-order valence-corrected chi connectivity index (χ2v) is 9.83. The molecule has 0 aliphatic heterocycles. The highest BCUT2D eigenvalue weighted by Crippen LogP contribution is 2.42. The third kappa shape index (κ3) is 8.86. The summed E-state index contributed by atoms with van der Waals surface area (Å²) in [5.41, 5.74) is 1.91. The second kappa shape index (κ2) is 14.3. The Morgan fingerprint density at radius 2 is 1.31 bits per heavy atom. The van der Waals surface area contributed by atoms with Crippen LogP contribution in [-0.4, -0.2) is 18.8 Å².